The third-order valence-electron chi connectivity index (χ3n) is 6.80. The molecule has 1 aliphatic rings. The minimum atomic E-state index is -0.194. The van der Waals surface area contributed by atoms with Crippen LogP contribution in [0.5, 0.6) is 0 Å². The summed E-state index contributed by atoms with van der Waals surface area (Å²) in [5.41, 5.74) is 4.30. The molecule has 6 heteroatoms. The van der Waals surface area contributed by atoms with Crippen molar-refractivity contribution in [3.8, 4) is 0 Å². The molecular formula is C29H33BrFN3O. The Bertz CT molecular complexity index is 1090. The Morgan fingerprint density at radius 1 is 0.857 bits per heavy atom. The molecule has 0 N–H and O–H groups in total. The second-order valence-corrected chi connectivity index (χ2v) is 9.91. The molecule has 0 bridgehead atoms. The number of piperazine rings is 1. The van der Waals surface area contributed by atoms with Crippen molar-refractivity contribution < 1.29 is 9.18 Å². The first-order chi connectivity index (χ1) is 17.0. The molecule has 1 unspecified atom stereocenters. The van der Waals surface area contributed by atoms with Gasteiger partial charge < -0.3 is 4.90 Å². The van der Waals surface area contributed by atoms with Gasteiger partial charge in [0.2, 0.25) is 0 Å². The lowest BCUT2D eigenvalue weighted by atomic mass is 9.95. The summed E-state index contributed by atoms with van der Waals surface area (Å²) in [7, 11) is 0. The molecule has 0 radical (unpaired) electrons. The SMILES string of the molecule is CCN(CC)C(=O)c1ccc(C(c2ccc(Br)cc2)N2CCN(Cc3ccc(F)cc3)CC2)cc1. The fourth-order valence-corrected chi connectivity index (χ4v) is 5.05. The highest BCUT2D eigenvalue weighted by molar-refractivity contribution is 9.10. The lowest BCUT2D eigenvalue weighted by Crippen LogP contribution is -2.47. The average Bonchev–Trinajstić information content (AvgIpc) is 2.89. The Morgan fingerprint density at radius 2 is 1.40 bits per heavy atom. The Kier molecular flexibility index (Phi) is 8.71. The molecule has 1 heterocycles. The van der Waals surface area contributed by atoms with E-state index in [0.29, 0.717) is 13.1 Å². The molecule has 1 aliphatic heterocycles. The number of amides is 1. The van der Waals surface area contributed by atoms with Crippen molar-refractivity contribution in [1.82, 2.24) is 14.7 Å². The van der Waals surface area contributed by atoms with Gasteiger partial charge in [0, 0.05) is 55.8 Å². The molecule has 0 aliphatic carbocycles. The van der Waals surface area contributed by atoms with Crippen LogP contribution in [0, 0.1) is 5.82 Å². The third kappa shape index (κ3) is 6.37. The molecule has 1 fully saturated rings. The normalized spacial score (nSPS) is 15.7. The average molecular weight is 539 g/mol. The molecule has 1 atom stereocenters. The van der Waals surface area contributed by atoms with Gasteiger partial charge in [-0.1, -0.05) is 52.3 Å². The van der Waals surface area contributed by atoms with E-state index >= 15 is 0 Å². The van der Waals surface area contributed by atoms with Crippen LogP contribution in [0.1, 0.15) is 46.9 Å². The zero-order valence-electron chi connectivity index (χ0n) is 20.5. The molecule has 35 heavy (non-hydrogen) atoms. The first-order valence-corrected chi connectivity index (χ1v) is 13.1. The van der Waals surface area contributed by atoms with Crippen LogP contribution in [0.15, 0.2) is 77.3 Å². The highest BCUT2D eigenvalue weighted by Crippen LogP contribution is 2.31. The molecule has 3 aromatic rings. The zero-order valence-corrected chi connectivity index (χ0v) is 22.0. The number of hydrogen-bond acceptors (Lipinski definition) is 3. The number of nitrogens with zero attached hydrogens (tertiary/aromatic N) is 3. The lowest BCUT2D eigenvalue weighted by molar-refractivity contribution is 0.0773. The fraction of sp³-hybridized carbons (Fsp3) is 0.345. The molecule has 4 nitrogen and oxygen atoms in total. The van der Waals surface area contributed by atoms with Gasteiger partial charge in [0.05, 0.1) is 6.04 Å². The van der Waals surface area contributed by atoms with E-state index in [1.54, 1.807) is 0 Å². The van der Waals surface area contributed by atoms with Gasteiger partial charge in [-0.25, -0.2) is 4.39 Å². The molecule has 1 amide bonds. The van der Waals surface area contributed by atoms with Crippen LogP contribution in [0.25, 0.3) is 0 Å². The maximum Gasteiger partial charge on any atom is 0.253 e. The predicted octanol–water partition coefficient (Wildman–Crippen LogP) is 5.98. The first kappa shape index (κ1) is 25.5. The van der Waals surface area contributed by atoms with Crippen molar-refractivity contribution in [3.63, 3.8) is 0 Å². The fourth-order valence-electron chi connectivity index (χ4n) is 4.79. The van der Waals surface area contributed by atoms with Crippen LogP contribution in [0.2, 0.25) is 0 Å². The minimum Gasteiger partial charge on any atom is -0.339 e. The monoisotopic (exact) mass is 537 g/mol. The van der Waals surface area contributed by atoms with Gasteiger partial charge in [0.15, 0.2) is 0 Å². The molecule has 0 saturated carbocycles. The van der Waals surface area contributed by atoms with E-state index in [-0.39, 0.29) is 17.8 Å². The van der Waals surface area contributed by atoms with Crippen molar-refractivity contribution in [3.05, 3.63) is 105 Å². The number of carbonyl (C=O) groups excluding carboxylic acids is 1. The van der Waals surface area contributed by atoms with Crippen LogP contribution in [-0.2, 0) is 6.54 Å². The van der Waals surface area contributed by atoms with Crippen LogP contribution in [-0.4, -0.2) is 59.9 Å². The summed E-state index contributed by atoms with van der Waals surface area (Å²) in [6, 6.07) is 23.6. The topological polar surface area (TPSA) is 26.8 Å². The summed E-state index contributed by atoms with van der Waals surface area (Å²) in [5.74, 6) is -0.114. The van der Waals surface area contributed by atoms with Crippen molar-refractivity contribution in [2.24, 2.45) is 0 Å². The largest absolute Gasteiger partial charge is 0.339 e. The van der Waals surface area contributed by atoms with E-state index in [4.69, 9.17) is 0 Å². The number of benzene rings is 3. The quantitative estimate of drug-likeness (QED) is 0.353. The van der Waals surface area contributed by atoms with Gasteiger partial charge >= 0.3 is 0 Å². The summed E-state index contributed by atoms with van der Waals surface area (Å²) in [5, 5.41) is 0. The van der Waals surface area contributed by atoms with Crippen molar-refractivity contribution in [2.75, 3.05) is 39.3 Å². The summed E-state index contributed by atoms with van der Waals surface area (Å²) in [6.07, 6.45) is 0. The Morgan fingerprint density at radius 3 is 1.94 bits per heavy atom. The molecular weight excluding hydrogens is 505 g/mol. The number of hydrogen-bond donors (Lipinski definition) is 0. The van der Waals surface area contributed by atoms with E-state index in [1.807, 2.05) is 43.0 Å². The smallest absolute Gasteiger partial charge is 0.253 e. The Balaban J connectivity index is 1.51. The molecule has 1 saturated heterocycles. The lowest BCUT2D eigenvalue weighted by Gasteiger charge is -2.40. The molecule has 3 aromatic carbocycles. The summed E-state index contributed by atoms with van der Waals surface area (Å²) >= 11 is 3.56. The van der Waals surface area contributed by atoms with Crippen LogP contribution >= 0.6 is 15.9 Å². The summed E-state index contributed by atoms with van der Waals surface area (Å²) < 4.78 is 14.3. The maximum atomic E-state index is 13.3. The van der Waals surface area contributed by atoms with Crippen molar-refractivity contribution in [1.29, 1.82) is 0 Å². The van der Waals surface area contributed by atoms with Gasteiger partial charge in [-0.05, 0) is 66.9 Å². The molecule has 0 spiro atoms. The van der Waals surface area contributed by atoms with Gasteiger partial charge in [-0.3, -0.25) is 14.6 Å². The van der Waals surface area contributed by atoms with E-state index in [9.17, 15) is 9.18 Å². The van der Waals surface area contributed by atoms with Crippen molar-refractivity contribution in [2.45, 2.75) is 26.4 Å². The van der Waals surface area contributed by atoms with E-state index in [1.165, 1.54) is 23.3 Å². The van der Waals surface area contributed by atoms with E-state index in [0.717, 1.165) is 48.3 Å². The predicted molar refractivity (Wildman–Crippen MR) is 143 cm³/mol. The first-order valence-electron chi connectivity index (χ1n) is 12.3. The van der Waals surface area contributed by atoms with E-state index in [2.05, 4.69) is 62.1 Å². The maximum absolute atomic E-state index is 13.3. The highest BCUT2D eigenvalue weighted by atomic mass is 79.9. The zero-order chi connectivity index (χ0) is 24.8. The van der Waals surface area contributed by atoms with Gasteiger partial charge in [-0.2, -0.15) is 0 Å². The standard InChI is InChI=1S/C29H33BrFN3O/c1-3-33(4-2)29(35)25-9-7-23(8-10-25)28(24-11-13-26(30)14-12-24)34-19-17-32(18-20-34)21-22-5-15-27(31)16-6-22/h5-16,28H,3-4,17-21H2,1-2H3. The number of halogens is 2. The number of carbonyl (C=O) groups is 1. The van der Waals surface area contributed by atoms with Crippen LogP contribution < -0.4 is 0 Å². The second kappa shape index (κ2) is 11.9. The highest BCUT2D eigenvalue weighted by Gasteiger charge is 2.27. The second-order valence-electron chi connectivity index (χ2n) is 8.99. The number of rotatable bonds is 8. The minimum absolute atomic E-state index is 0.0798. The van der Waals surface area contributed by atoms with Crippen LogP contribution in [0.3, 0.4) is 0 Å². The third-order valence-corrected chi connectivity index (χ3v) is 7.33. The van der Waals surface area contributed by atoms with Crippen molar-refractivity contribution >= 4 is 21.8 Å². The van der Waals surface area contributed by atoms with Gasteiger partial charge in [0.1, 0.15) is 5.82 Å². The molecule has 4 rings (SSSR count). The van der Waals surface area contributed by atoms with E-state index < -0.39 is 0 Å². The van der Waals surface area contributed by atoms with Gasteiger partial charge in [0.25, 0.3) is 5.91 Å². The van der Waals surface area contributed by atoms with Gasteiger partial charge in [-0.15, -0.1) is 0 Å². The summed E-state index contributed by atoms with van der Waals surface area (Å²) in [4.78, 5) is 19.6. The Hall–Kier alpha value is -2.54. The summed E-state index contributed by atoms with van der Waals surface area (Å²) in [6.45, 7) is 10.0. The Labute approximate surface area is 216 Å². The molecule has 184 valence electrons. The van der Waals surface area contributed by atoms with Crippen LogP contribution in [0.4, 0.5) is 4.39 Å². The molecule has 0 aromatic heterocycles.